The zero-order valence-corrected chi connectivity index (χ0v) is 13.2. The van der Waals surface area contributed by atoms with Crippen molar-refractivity contribution in [2.45, 2.75) is 25.3 Å². The minimum Gasteiger partial charge on any atom is -0.508 e. The molecule has 3 aromatic rings. The molecule has 2 aromatic carbocycles. The van der Waals surface area contributed by atoms with E-state index >= 15 is 0 Å². The van der Waals surface area contributed by atoms with Crippen LogP contribution in [0, 0.1) is 0 Å². The van der Waals surface area contributed by atoms with Crippen molar-refractivity contribution in [3.8, 4) is 5.75 Å². The molecule has 1 aliphatic rings. The maximum atomic E-state index is 9.46. The molecule has 0 aliphatic carbocycles. The second kappa shape index (κ2) is 6.09. The van der Waals surface area contributed by atoms with Gasteiger partial charge < -0.3 is 15.0 Å². The molecule has 0 amide bonds. The van der Waals surface area contributed by atoms with Gasteiger partial charge in [-0.25, -0.2) is 0 Å². The van der Waals surface area contributed by atoms with E-state index in [1.165, 1.54) is 34.9 Å². The first-order valence-electron chi connectivity index (χ1n) is 8.37. The minimum atomic E-state index is 0.321. The second-order valence-corrected chi connectivity index (χ2v) is 6.42. The normalized spacial score (nSPS) is 16.0. The van der Waals surface area contributed by atoms with Gasteiger partial charge in [0.25, 0.3) is 0 Å². The van der Waals surface area contributed by atoms with Gasteiger partial charge in [-0.15, -0.1) is 0 Å². The molecule has 1 aliphatic heterocycles. The third-order valence-corrected chi connectivity index (χ3v) is 4.89. The standard InChI is InChI=1S/C20H22N2O/c23-17-7-5-15(6-8-17)13-22-14-19(16-9-11-21-12-10-16)18-3-1-2-4-20(18)22/h1-8,14,16,21,23H,9-13H2. The Morgan fingerprint density at radius 1 is 1.00 bits per heavy atom. The van der Waals surface area contributed by atoms with Crippen LogP contribution in [0.15, 0.2) is 54.7 Å². The van der Waals surface area contributed by atoms with Gasteiger partial charge >= 0.3 is 0 Å². The van der Waals surface area contributed by atoms with E-state index in [4.69, 9.17) is 0 Å². The predicted molar refractivity (Wildman–Crippen MR) is 94.0 cm³/mol. The summed E-state index contributed by atoms with van der Waals surface area (Å²) in [4.78, 5) is 0. The van der Waals surface area contributed by atoms with Gasteiger partial charge in [-0.1, -0.05) is 30.3 Å². The highest BCUT2D eigenvalue weighted by Gasteiger charge is 2.19. The number of nitrogens with one attached hydrogen (secondary N) is 1. The van der Waals surface area contributed by atoms with Crippen molar-refractivity contribution in [2.24, 2.45) is 0 Å². The van der Waals surface area contributed by atoms with E-state index in [9.17, 15) is 5.11 Å². The Balaban J connectivity index is 1.73. The lowest BCUT2D eigenvalue weighted by Crippen LogP contribution is -2.26. The van der Waals surface area contributed by atoms with E-state index in [0.29, 0.717) is 11.7 Å². The van der Waals surface area contributed by atoms with Crippen molar-refractivity contribution in [3.63, 3.8) is 0 Å². The summed E-state index contributed by atoms with van der Waals surface area (Å²) in [5.74, 6) is 0.976. The van der Waals surface area contributed by atoms with Crippen molar-refractivity contribution in [3.05, 3.63) is 65.9 Å². The van der Waals surface area contributed by atoms with Crippen LogP contribution in [0.4, 0.5) is 0 Å². The number of aromatic nitrogens is 1. The fourth-order valence-electron chi connectivity index (χ4n) is 3.66. The topological polar surface area (TPSA) is 37.2 Å². The monoisotopic (exact) mass is 306 g/mol. The van der Waals surface area contributed by atoms with Crippen molar-refractivity contribution in [1.82, 2.24) is 9.88 Å². The van der Waals surface area contributed by atoms with Crippen molar-refractivity contribution >= 4 is 10.9 Å². The second-order valence-electron chi connectivity index (χ2n) is 6.42. The van der Waals surface area contributed by atoms with E-state index in [-0.39, 0.29) is 0 Å². The number of nitrogens with zero attached hydrogens (tertiary/aromatic N) is 1. The number of benzene rings is 2. The number of hydrogen-bond donors (Lipinski definition) is 2. The molecule has 0 atom stereocenters. The molecule has 2 heterocycles. The Hall–Kier alpha value is -2.26. The van der Waals surface area contributed by atoms with E-state index in [0.717, 1.165) is 19.6 Å². The molecule has 3 nitrogen and oxygen atoms in total. The van der Waals surface area contributed by atoms with Crippen LogP contribution in [-0.2, 0) is 6.54 Å². The number of hydrogen-bond acceptors (Lipinski definition) is 2. The number of phenols is 1. The average molecular weight is 306 g/mol. The molecule has 0 saturated carbocycles. The minimum absolute atomic E-state index is 0.321. The third-order valence-electron chi connectivity index (χ3n) is 4.89. The molecule has 1 saturated heterocycles. The molecule has 0 spiro atoms. The largest absolute Gasteiger partial charge is 0.508 e. The maximum Gasteiger partial charge on any atom is 0.115 e. The van der Waals surface area contributed by atoms with Crippen LogP contribution in [0.3, 0.4) is 0 Å². The molecular formula is C20H22N2O. The Morgan fingerprint density at radius 2 is 1.74 bits per heavy atom. The molecule has 0 bridgehead atoms. The third kappa shape index (κ3) is 2.84. The number of fused-ring (bicyclic) bond motifs is 1. The van der Waals surface area contributed by atoms with Crippen LogP contribution in [0.1, 0.15) is 29.9 Å². The highest BCUT2D eigenvalue weighted by molar-refractivity contribution is 5.84. The molecule has 118 valence electrons. The van der Waals surface area contributed by atoms with Crippen LogP contribution in [0.2, 0.25) is 0 Å². The highest BCUT2D eigenvalue weighted by Crippen LogP contribution is 2.33. The van der Waals surface area contributed by atoms with E-state index in [1.54, 1.807) is 12.1 Å². The van der Waals surface area contributed by atoms with Crippen LogP contribution in [-0.4, -0.2) is 22.8 Å². The quantitative estimate of drug-likeness (QED) is 0.771. The fourth-order valence-corrected chi connectivity index (χ4v) is 3.66. The van der Waals surface area contributed by atoms with Gasteiger partial charge in [-0.05, 0) is 61.2 Å². The Kier molecular flexibility index (Phi) is 3.80. The SMILES string of the molecule is Oc1ccc(Cn2cc(C3CCNCC3)c3ccccc32)cc1. The van der Waals surface area contributed by atoms with Crippen molar-refractivity contribution in [2.75, 3.05) is 13.1 Å². The van der Waals surface area contributed by atoms with Gasteiger partial charge in [0.1, 0.15) is 5.75 Å². The van der Waals surface area contributed by atoms with Crippen LogP contribution < -0.4 is 5.32 Å². The number of piperidine rings is 1. The molecule has 2 N–H and O–H groups in total. The van der Waals surface area contributed by atoms with Crippen LogP contribution in [0.5, 0.6) is 5.75 Å². The van der Waals surface area contributed by atoms with Gasteiger partial charge in [0.05, 0.1) is 0 Å². The lowest BCUT2D eigenvalue weighted by Gasteiger charge is -2.22. The predicted octanol–water partition coefficient (Wildman–Crippen LogP) is 3.86. The number of rotatable bonds is 3. The zero-order valence-electron chi connectivity index (χ0n) is 13.2. The Labute approximate surface area is 136 Å². The number of aromatic hydroxyl groups is 1. The molecule has 0 unspecified atom stereocenters. The lowest BCUT2D eigenvalue weighted by molar-refractivity contribution is 0.461. The van der Waals surface area contributed by atoms with Gasteiger partial charge in [0.15, 0.2) is 0 Å². The van der Waals surface area contributed by atoms with Crippen LogP contribution >= 0.6 is 0 Å². The maximum absolute atomic E-state index is 9.46. The number of para-hydroxylation sites is 1. The zero-order chi connectivity index (χ0) is 15.6. The smallest absolute Gasteiger partial charge is 0.115 e. The molecule has 1 fully saturated rings. The molecular weight excluding hydrogens is 284 g/mol. The summed E-state index contributed by atoms with van der Waals surface area (Å²) in [5.41, 5.74) is 4.00. The van der Waals surface area contributed by atoms with E-state index in [1.807, 2.05) is 12.1 Å². The summed E-state index contributed by atoms with van der Waals surface area (Å²) in [6, 6.07) is 16.2. The van der Waals surface area contributed by atoms with Crippen molar-refractivity contribution < 1.29 is 5.11 Å². The lowest BCUT2D eigenvalue weighted by atomic mass is 9.90. The molecule has 4 rings (SSSR count). The van der Waals surface area contributed by atoms with Gasteiger partial charge in [-0.2, -0.15) is 0 Å². The fraction of sp³-hybridized carbons (Fsp3) is 0.300. The van der Waals surface area contributed by atoms with Gasteiger partial charge in [0, 0.05) is 23.6 Å². The van der Waals surface area contributed by atoms with Gasteiger partial charge in [-0.3, -0.25) is 0 Å². The first-order chi connectivity index (χ1) is 11.3. The van der Waals surface area contributed by atoms with E-state index in [2.05, 4.69) is 40.3 Å². The summed E-state index contributed by atoms with van der Waals surface area (Å²) in [6.45, 7) is 3.07. The average Bonchev–Trinajstić information content (AvgIpc) is 2.97. The molecule has 23 heavy (non-hydrogen) atoms. The number of phenolic OH excluding ortho intramolecular Hbond substituents is 1. The Morgan fingerprint density at radius 3 is 2.52 bits per heavy atom. The van der Waals surface area contributed by atoms with Crippen molar-refractivity contribution in [1.29, 1.82) is 0 Å². The molecule has 0 radical (unpaired) electrons. The van der Waals surface area contributed by atoms with E-state index < -0.39 is 0 Å². The summed E-state index contributed by atoms with van der Waals surface area (Å²) < 4.78 is 2.35. The first-order valence-corrected chi connectivity index (χ1v) is 8.37. The summed E-state index contributed by atoms with van der Waals surface area (Å²) in [5, 5.41) is 14.3. The Bertz CT molecular complexity index is 798. The summed E-state index contributed by atoms with van der Waals surface area (Å²) in [6.07, 6.45) is 4.77. The summed E-state index contributed by atoms with van der Waals surface area (Å²) >= 11 is 0. The van der Waals surface area contributed by atoms with Crippen LogP contribution in [0.25, 0.3) is 10.9 Å². The first kappa shape index (κ1) is 14.3. The molecule has 3 heteroatoms. The highest BCUT2D eigenvalue weighted by atomic mass is 16.3. The van der Waals surface area contributed by atoms with Gasteiger partial charge in [0.2, 0.25) is 0 Å². The summed E-state index contributed by atoms with van der Waals surface area (Å²) in [7, 11) is 0. The molecule has 1 aromatic heterocycles.